The second-order valence-corrected chi connectivity index (χ2v) is 7.24. The van der Waals surface area contributed by atoms with E-state index in [2.05, 4.69) is 5.32 Å². The smallest absolute Gasteiger partial charge is 0.446 e. The van der Waals surface area contributed by atoms with Crippen molar-refractivity contribution >= 4 is 17.7 Å². The molecule has 0 radical (unpaired) electrons. The Morgan fingerprint density at radius 2 is 1.79 bits per heavy atom. The van der Waals surface area contributed by atoms with E-state index in [-0.39, 0.29) is 33.5 Å². The van der Waals surface area contributed by atoms with Crippen molar-refractivity contribution in [2.75, 3.05) is 6.61 Å². The van der Waals surface area contributed by atoms with E-state index in [0.29, 0.717) is 0 Å². The Labute approximate surface area is 167 Å². The van der Waals surface area contributed by atoms with Gasteiger partial charge in [-0.05, 0) is 55.1 Å². The molecule has 0 heterocycles. The van der Waals surface area contributed by atoms with Gasteiger partial charge >= 0.3 is 5.51 Å². The van der Waals surface area contributed by atoms with Crippen molar-refractivity contribution in [3.05, 3.63) is 59.7 Å². The quantitative estimate of drug-likeness (QED) is 0.477. The summed E-state index contributed by atoms with van der Waals surface area (Å²) in [7, 11) is 0. The SMILES string of the molecule is CC(C#N)(COc1ccccc1C(F)F)NC(=O)c1ccc(SC(F)(F)F)cc1. The maximum Gasteiger partial charge on any atom is 0.446 e. The minimum Gasteiger partial charge on any atom is -0.490 e. The molecule has 0 saturated heterocycles. The highest BCUT2D eigenvalue weighted by molar-refractivity contribution is 8.00. The minimum absolute atomic E-state index is 0.0333. The number of thioether (sulfide) groups is 1. The monoisotopic (exact) mass is 430 g/mol. The summed E-state index contributed by atoms with van der Waals surface area (Å²) < 4.78 is 68.4. The number of alkyl halides is 5. The zero-order chi connectivity index (χ0) is 21.7. The molecular formula is C19H15F5N2O2S. The molecule has 1 amide bonds. The predicted octanol–water partition coefficient (Wildman–Crippen LogP) is 5.33. The van der Waals surface area contributed by atoms with Crippen molar-refractivity contribution in [1.29, 1.82) is 5.26 Å². The van der Waals surface area contributed by atoms with Crippen LogP contribution < -0.4 is 10.1 Å². The van der Waals surface area contributed by atoms with E-state index >= 15 is 0 Å². The van der Waals surface area contributed by atoms with Gasteiger partial charge in [0.1, 0.15) is 12.4 Å². The van der Waals surface area contributed by atoms with Crippen molar-refractivity contribution in [2.45, 2.75) is 29.3 Å². The zero-order valence-corrected chi connectivity index (χ0v) is 15.8. The lowest BCUT2D eigenvalue weighted by Gasteiger charge is -2.24. The van der Waals surface area contributed by atoms with Crippen molar-refractivity contribution in [1.82, 2.24) is 5.32 Å². The third-order valence-electron chi connectivity index (χ3n) is 3.66. The maximum absolute atomic E-state index is 13.0. The molecule has 0 spiro atoms. The first-order valence-corrected chi connectivity index (χ1v) is 8.94. The first-order valence-electron chi connectivity index (χ1n) is 8.12. The van der Waals surface area contributed by atoms with Crippen LogP contribution in [0.15, 0.2) is 53.4 Å². The summed E-state index contributed by atoms with van der Waals surface area (Å²) in [6, 6.07) is 11.9. The number of carbonyl (C=O) groups excluding carboxylic acids is 1. The van der Waals surface area contributed by atoms with E-state index in [9.17, 15) is 32.0 Å². The summed E-state index contributed by atoms with van der Waals surface area (Å²) >= 11 is -0.317. The number of benzene rings is 2. The Hall–Kier alpha value is -2.80. The third kappa shape index (κ3) is 6.64. The van der Waals surface area contributed by atoms with Crippen molar-refractivity contribution < 1.29 is 31.5 Å². The summed E-state index contributed by atoms with van der Waals surface area (Å²) in [5.74, 6) is -0.838. The lowest BCUT2D eigenvalue weighted by atomic mass is 10.0. The number of nitrogens with one attached hydrogen (secondary N) is 1. The molecule has 29 heavy (non-hydrogen) atoms. The molecule has 0 aliphatic carbocycles. The number of halogens is 5. The molecule has 1 atom stereocenters. The number of hydrogen-bond donors (Lipinski definition) is 1. The first kappa shape index (κ1) is 22.5. The average molecular weight is 430 g/mol. The van der Waals surface area contributed by atoms with Crippen LogP contribution in [0.3, 0.4) is 0 Å². The van der Waals surface area contributed by atoms with Crippen molar-refractivity contribution in [2.24, 2.45) is 0 Å². The highest BCUT2D eigenvalue weighted by Gasteiger charge is 2.30. The lowest BCUT2D eigenvalue weighted by molar-refractivity contribution is -0.0328. The van der Waals surface area contributed by atoms with Crippen LogP contribution in [-0.2, 0) is 0 Å². The number of hydrogen-bond acceptors (Lipinski definition) is 4. The van der Waals surface area contributed by atoms with Crippen LogP contribution in [0.25, 0.3) is 0 Å². The largest absolute Gasteiger partial charge is 0.490 e. The molecule has 0 saturated carbocycles. The average Bonchev–Trinajstić information content (AvgIpc) is 2.66. The van der Waals surface area contributed by atoms with Gasteiger partial charge in [0, 0.05) is 10.5 Å². The molecule has 10 heteroatoms. The molecule has 1 unspecified atom stereocenters. The standard InChI is InChI=1S/C19H15F5N2O2S/c1-18(10-25,11-28-15-5-3-2-4-14(15)16(20)21)26-17(27)12-6-8-13(9-7-12)29-19(22,23)24/h2-9,16H,11H2,1H3,(H,26,27). The summed E-state index contributed by atoms with van der Waals surface area (Å²) in [4.78, 5) is 12.2. The fraction of sp³-hybridized carbons (Fsp3) is 0.263. The molecule has 0 bridgehead atoms. The summed E-state index contributed by atoms with van der Waals surface area (Å²) in [6.45, 7) is 0.921. The first-order chi connectivity index (χ1) is 13.5. The molecule has 0 fully saturated rings. The van der Waals surface area contributed by atoms with E-state index in [0.717, 1.165) is 12.1 Å². The van der Waals surface area contributed by atoms with Gasteiger partial charge in [-0.1, -0.05) is 12.1 Å². The number of para-hydroxylation sites is 1. The molecule has 2 aromatic rings. The van der Waals surface area contributed by atoms with Crippen LogP contribution in [0, 0.1) is 11.3 Å². The fourth-order valence-corrected chi connectivity index (χ4v) is 2.78. The van der Waals surface area contributed by atoms with Crippen molar-refractivity contribution in [3.63, 3.8) is 0 Å². The molecular weight excluding hydrogens is 415 g/mol. The number of carbonyl (C=O) groups is 1. The summed E-state index contributed by atoms with van der Waals surface area (Å²) in [5.41, 5.74) is -6.33. The van der Waals surface area contributed by atoms with E-state index < -0.39 is 30.0 Å². The van der Waals surface area contributed by atoms with Gasteiger partial charge in [-0.2, -0.15) is 18.4 Å². The molecule has 0 aliphatic rings. The predicted molar refractivity (Wildman–Crippen MR) is 96.7 cm³/mol. The molecule has 154 valence electrons. The van der Waals surface area contributed by atoms with Crippen LogP contribution in [0.2, 0.25) is 0 Å². The fourth-order valence-electron chi connectivity index (χ4n) is 2.24. The second kappa shape index (κ2) is 9.13. The Morgan fingerprint density at radius 1 is 1.17 bits per heavy atom. The van der Waals surface area contributed by atoms with Gasteiger partial charge in [0.15, 0.2) is 5.54 Å². The lowest BCUT2D eigenvalue weighted by Crippen LogP contribution is -2.49. The topological polar surface area (TPSA) is 62.1 Å². The number of nitrogens with zero attached hydrogens (tertiary/aromatic N) is 1. The summed E-state index contributed by atoms with van der Waals surface area (Å²) in [5, 5.41) is 11.8. The van der Waals surface area contributed by atoms with Crippen LogP contribution >= 0.6 is 11.8 Å². The van der Waals surface area contributed by atoms with Crippen LogP contribution in [-0.4, -0.2) is 23.6 Å². The summed E-state index contributed by atoms with van der Waals surface area (Å²) in [6.07, 6.45) is -2.78. The molecule has 2 rings (SSSR count). The highest BCUT2D eigenvalue weighted by Crippen LogP contribution is 2.36. The number of rotatable bonds is 7. The Balaban J connectivity index is 2.06. The van der Waals surface area contributed by atoms with Crippen molar-refractivity contribution in [3.8, 4) is 11.8 Å². The normalized spacial score (nSPS) is 13.4. The van der Waals surface area contributed by atoms with Gasteiger partial charge in [0.2, 0.25) is 0 Å². The van der Waals surface area contributed by atoms with Gasteiger partial charge in [0.25, 0.3) is 12.3 Å². The van der Waals surface area contributed by atoms with E-state index in [1.165, 1.54) is 43.3 Å². The second-order valence-electron chi connectivity index (χ2n) is 6.10. The number of amides is 1. The molecule has 1 N–H and O–H groups in total. The molecule has 0 aliphatic heterocycles. The van der Waals surface area contributed by atoms with Gasteiger partial charge in [-0.3, -0.25) is 4.79 Å². The Kier molecular flexibility index (Phi) is 7.08. The van der Waals surface area contributed by atoms with Crippen LogP contribution in [0.1, 0.15) is 29.3 Å². The maximum atomic E-state index is 13.0. The van der Waals surface area contributed by atoms with E-state index in [1.807, 2.05) is 6.07 Å². The van der Waals surface area contributed by atoms with Gasteiger partial charge in [-0.25, -0.2) is 8.78 Å². The van der Waals surface area contributed by atoms with Gasteiger partial charge in [0.05, 0.1) is 11.6 Å². The molecule has 0 aromatic heterocycles. The molecule has 4 nitrogen and oxygen atoms in total. The molecule has 2 aromatic carbocycles. The highest BCUT2D eigenvalue weighted by atomic mass is 32.2. The van der Waals surface area contributed by atoms with Gasteiger partial charge < -0.3 is 10.1 Å². The van der Waals surface area contributed by atoms with Gasteiger partial charge in [-0.15, -0.1) is 0 Å². The van der Waals surface area contributed by atoms with Crippen LogP contribution in [0.5, 0.6) is 5.75 Å². The van der Waals surface area contributed by atoms with E-state index in [4.69, 9.17) is 4.74 Å². The van der Waals surface area contributed by atoms with E-state index in [1.54, 1.807) is 0 Å². The number of nitriles is 1. The zero-order valence-electron chi connectivity index (χ0n) is 15.0. The Morgan fingerprint density at radius 3 is 2.34 bits per heavy atom. The number of ether oxygens (including phenoxy) is 1. The Bertz CT molecular complexity index is 897. The van der Waals surface area contributed by atoms with Crippen LogP contribution in [0.4, 0.5) is 22.0 Å². The minimum atomic E-state index is -4.45. The third-order valence-corrected chi connectivity index (χ3v) is 4.40.